The summed E-state index contributed by atoms with van der Waals surface area (Å²) in [6.45, 7) is 1.53. The van der Waals surface area contributed by atoms with Crippen LogP contribution in [0.1, 0.15) is 53.8 Å². The van der Waals surface area contributed by atoms with Gasteiger partial charge in [-0.1, -0.05) is 61.9 Å². The summed E-state index contributed by atoms with van der Waals surface area (Å²) in [5.74, 6) is -0.181. The van der Waals surface area contributed by atoms with Gasteiger partial charge in [0.05, 0.1) is 11.3 Å². The number of aromatic nitrogens is 1. The largest absolute Gasteiger partial charge is 0.871 e. The molecule has 0 bridgehead atoms. The maximum Gasteiger partial charge on any atom is 0.216 e. The molecule has 3 aromatic rings. The lowest BCUT2D eigenvalue weighted by molar-refractivity contribution is -0.470. The Morgan fingerprint density at radius 2 is 1.50 bits per heavy atom. The third-order valence-electron chi connectivity index (χ3n) is 8.81. The molecule has 1 aliphatic heterocycles. The zero-order chi connectivity index (χ0) is 27.4. The highest BCUT2D eigenvalue weighted by molar-refractivity contribution is 9.10. The summed E-state index contributed by atoms with van der Waals surface area (Å²) in [4.78, 5) is 13.8. The molecule has 6 heteroatoms. The fraction of sp³-hybridized carbons (Fsp3) is 0.294. The van der Waals surface area contributed by atoms with Crippen LogP contribution in [0.15, 0.2) is 92.2 Å². The summed E-state index contributed by atoms with van der Waals surface area (Å²) in [6.07, 6.45) is 10.2. The highest BCUT2D eigenvalue weighted by Crippen LogP contribution is 2.42. The van der Waals surface area contributed by atoms with Crippen molar-refractivity contribution in [1.82, 2.24) is 4.57 Å². The third kappa shape index (κ3) is 4.50. The minimum atomic E-state index is -0.0906. The van der Waals surface area contributed by atoms with Crippen molar-refractivity contribution < 1.29 is 14.5 Å². The van der Waals surface area contributed by atoms with Gasteiger partial charge in [-0.2, -0.15) is 4.58 Å². The Morgan fingerprint density at radius 3 is 2.20 bits per heavy atom. The molecular weight excluding hydrogens is 628 g/mol. The van der Waals surface area contributed by atoms with Crippen LogP contribution < -0.4 is 5.11 Å². The van der Waals surface area contributed by atoms with E-state index < -0.39 is 0 Å². The number of nitrogens with zero attached hydrogens (tertiary/aromatic N) is 2. The van der Waals surface area contributed by atoms with Crippen molar-refractivity contribution in [2.75, 3.05) is 6.54 Å². The van der Waals surface area contributed by atoms with Gasteiger partial charge >= 0.3 is 0 Å². The van der Waals surface area contributed by atoms with E-state index in [-0.39, 0.29) is 11.5 Å². The summed E-state index contributed by atoms with van der Waals surface area (Å²) in [7, 11) is 0. The van der Waals surface area contributed by atoms with Crippen LogP contribution >= 0.6 is 31.9 Å². The van der Waals surface area contributed by atoms with Gasteiger partial charge < -0.3 is 9.67 Å². The van der Waals surface area contributed by atoms with Crippen LogP contribution in [0.3, 0.4) is 0 Å². The minimum absolute atomic E-state index is 0.0906. The Labute approximate surface area is 251 Å². The Morgan fingerprint density at radius 1 is 0.825 bits per heavy atom. The van der Waals surface area contributed by atoms with Crippen LogP contribution in [-0.4, -0.2) is 27.2 Å². The molecule has 0 amide bonds. The van der Waals surface area contributed by atoms with Crippen LogP contribution in [0.2, 0.25) is 0 Å². The molecule has 0 unspecified atom stereocenters. The zero-order valence-electron chi connectivity index (χ0n) is 22.3. The normalized spacial score (nSPS) is 19.9. The molecular formula is C34H30Br2N2O2. The second-order valence-electron chi connectivity index (χ2n) is 11.2. The van der Waals surface area contributed by atoms with Crippen LogP contribution in [0.25, 0.3) is 5.57 Å². The molecule has 4 nitrogen and oxygen atoms in total. The van der Waals surface area contributed by atoms with Crippen molar-refractivity contribution in [2.45, 2.75) is 57.9 Å². The Balaban J connectivity index is 1.22. The van der Waals surface area contributed by atoms with Crippen molar-refractivity contribution in [2.24, 2.45) is 0 Å². The molecule has 7 rings (SSSR count). The SMILES string of the molecule is O=C1C(c2cc3c(n2CCc2ccc(Br)cc2)CCC3)=C([O-])/C1=C1\C=C2CCCC2=[N+]1CCc1ccc(Br)cc1. The summed E-state index contributed by atoms with van der Waals surface area (Å²) in [6, 6.07) is 18.9. The number of halogens is 2. The van der Waals surface area contributed by atoms with E-state index in [0.717, 1.165) is 84.8 Å². The predicted molar refractivity (Wildman–Crippen MR) is 163 cm³/mol. The first kappa shape index (κ1) is 26.0. The summed E-state index contributed by atoms with van der Waals surface area (Å²) < 4.78 is 6.66. The van der Waals surface area contributed by atoms with E-state index in [2.05, 4.69) is 102 Å². The van der Waals surface area contributed by atoms with E-state index in [1.165, 1.54) is 33.7 Å². The number of hydrogen-bond acceptors (Lipinski definition) is 2. The average molecular weight is 658 g/mol. The molecule has 1 aromatic heterocycles. The van der Waals surface area contributed by atoms with E-state index >= 15 is 0 Å². The number of allylic oxidation sites excluding steroid dienone is 4. The van der Waals surface area contributed by atoms with Gasteiger partial charge in [-0.05, 0) is 85.5 Å². The average Bonchev–Trinajstić information content (AvgIpc) is 3.72. The van der Waals surface area contributed by atoms with Gasteiger partial charge in [0.2, 0.25) is 11.5 Å². The first-order valence-corrected chi connectivity index (χ1v) is 15.8. The number of carbonyl (C=O) groups excluding carboxylic acids is 1. The minimum Gasteiger partial charge on any atom is -0.871 e. The number of Topliss-reactive ketones (excluding diaryl/α,β-unsaturated/α-hetero) is 1. The van der Waals surface area contributed by atoms with Gasteiger partial charge in [-0.25, -0.2) is 0 Å². The zero-order valence-corrected chi connectivity index (χ0v) is 25.5. The molecule has 40 heavy (non-hydrogen) atoms. The Bertz CT molecular complexity index is 1670. The number of hydrogen-bond donors (Lipinski definition) is 0. The molecule has 0 saturated heterocycles. The van der Waals surface area contributed by atoms with Gasteiger partial charge in [-0.3, -0.25) is 4.79 Å². The molecule has 202 valence electrons. The van der Waals surface area contributed by atoms with E-state index in [4.69, 9.17) is 0 Å². The van der Waals surface area contributed by atoms with Crippen molar-refractivity contribution in [3.05, 3.63) is 120 Å². The van der Waals surface area contributed by atoms with Crippen molar-refractivity contribution >= 4 is 48.9 Å². The summed E-state index contributed by atoms with van der Waals surface area (Å²) in [5, 5.41) is 13.8. The lowest BCUT2D eigenvalue weighted by atomic mass is 9.84. The lowest BCUT2D eigenvalue weighted by Crippen LogP contribution is -2.33. The van der Waals surface area contributed by atoms with Crippen molar-refractivity contribution in [3.8, 4) is 0 Å². The van der Waals surface area contributed by atoms with Gasteiger partial charge in [-0.15, -0.1) is 0 Å². The fourth-order valence-electron chi connectivity index (χ4n) is 6.77. The van der Waals surface area contributed by atoms with E-state index in [9.17, 15) is 9.90 Å². The standard InChI is InChI=1S/C34H30Br2N2O2/c35-25-11-7-21(8-12-25)15-17-37-27-5-1-3-23(27)19-29(37)31-33(39)32(34(31)40)30-20-24-4-2-6-28(24)38(30)18-16-22-9-13-26(36)14-10-22/h7-14,19-20H,1-6,15-18H2. The van der Waals surface area contributed by atoms with Crippen LogP contribution in [-0.2, 0) is 37.0 Å². The number of fused-ring (bicyclic) bond motifs is 2. The van der Waals surface area contributed by atoms with Gasteiger partial charge in [0.15, 0.2) is 12.3 Å². The second kappa shape index (κ2) is 10.5. The summed E-state index contributed by atoms with van der Waals surface area (Å²) in [5.41, 5.74) is 10.1. The third-order valence-corrected chi connectivity index (χ3v) is 9.87. The van der Waals surface area contributed by atoms with Gasteiger partial charge in [0.25, 0.3) is 0 Å². The lowest BCUT2D eigenvalue weighted by Gasteiger charge is -2.31. The molecule has 3 aliphatic carbocycles. The number of rotatable bonds is 7. The number of benzene rings is 2. The second-order valence-corrected chi connectivity index (χ2v) is 13.0. The van der Waals surface area contributed by atoms with E-state index in [1.54, 1.807) is 0 Å². The molecule has 1 saturated carbocycles. The quantitative estimate of drug-likeness (QED) is 0.216. The molecule has 0 radical (unpaired) electrons. The molecule has 1 fully saturated rings. The first-order valence-electron chi connectivity index (χ1n) is 14.2. The topological polar surface area (TPSA) is 48.1 Å². The smallest absolute Gasteiger partial charge is 0.216 e. The monoisotopic (exact) mass is 656 g/mol. The fourth-order valence-corrected chi connectivity index (χ4v) is 7.30. The van der Waals surface area contributed by atoms with Crippen molar-refractivity contribution in [3.63, 3.8) is 0 Å². The maximum absolute atomic E-state index is 13.8. The summed E-state index contributed by atoms with van der Waals surface area (Å²) >= 11 is 7.03. The van der Waals surface area contributed by atoms with Crippen LogP contribution in [0.5, 0.6) is 0 Å². The number of aryl methyl sites for hydroxylation is 2. The van der Waals surface area contributed by atoms with E-state index in [0.29, 0.717) is 11.1 Å². The molecule has 0 spiro atoms. The molecule has 0 atom stereocenters. The predicted octanol–water partition coefficient (Wildman–Crippen LogP) is 6.47. The maximum atomic E-state index is 13.8. The van der Waals surface area contributed by atoms with E-state index in [1.807, 2.05) is 0 Å². The highest BCUT2D eigenvalue weighted by atomic mass is 79.9. The number of carbonyl (C=O) groups is 1. The highest BCUT2D eigenvalue weighted by Gasteiger charge is 2.42. The van der Waals surface area contributed by atoms with Crippen LogP contribution in [0, 0.1) is 0 Å². The number of ketones is 1. The van der Waals surface area contributed by atoms with Gasteiger partial charge in [0.1, 0.15) is 0 Å². The van der Waals surface area contributed by atoms with Crippen molar-refractivity contribution in [1.29, 1.82) is 0 Å². The van der Waals surface area contributed by atoms with Crippen LogP contribution in [0.4, 0.5) is 0 Å². The molecule has 2 aromatic carbocycles. The van der Waals surface area contributed by atoms with Gasteiger partial charge in [0, 0.05) is 51.2 Å². The molecule has 0 N–H and O–H groups in total. The molecule has 4 aliphatic rings. The Kier molecular flexibility index (Phi) is 6.79. The molecule has 2 heterocycles. The first-order chi connectivity index (χ1) is 19.5. The Hall–Kier alpha value is -2.96.